The van der Waals surface area contributed by atoms with Gasteiger partial charge in [-0.2, -0.15) is 4.98 Å². The number of halogens is 1. The van der Waals surface area contributed by atoms with Crippen LogP contribution in [0, 0.1) is 5.82 Å². The first-order valence-electron chi connectivity index (χ1n) is 10.4. The minimum absolute atomic E-state index is 0.00670. The van der Waals surface area contributed by atoms with Crippen LogP contribution in [-0.4, -0.2) is 63.2 Å². The van der Waals surface area contributed by atoms with Gasteiger partial charge in [0.2, 0.25) is 18.3 Å². The van der Waals surface area contributed by atoms with Crippen molar-refractivity contribution in [2.45, 2.75) is 25.3 Å². The minimum atomic E-state index is -0.640. The van der Waals surface area contributed by atoms with Gasteiger partial charge in [-0.05, 0) is 30.4 Å². The fraction of sp³-hybridized carbons (Fsp3) is 0.333. The number of anilines is 3. The second-order valence-corrected chi connectivity index (χ2v) is 8.20. The van der Waals surface area contributed by atoms with Crippen LogP contribution in [0.2, 0.25) is 0 Å². The van der Waals surface area contributed by atoms with Crippen LogP contribution in [-0.2, 0) is 16.1 Å². The van der Waals surface area contributed by atoms with Gasteiger partial charge in [0.05, 0.1) is 24.1 Å². The molecule has 0 unspecified atom stereocenters. The number of fused-ring (bicyclic) bond motifs is 1. The van der Waals surface area contributed by atoms with Crippen molar-refractivity contribution < 1.29 is 18.8 Å². The van der Waals surface area contributed by atoms with Gasteiger partial charge in [-0.3, -0.25) is 24.7 Å². The first-order valence-corrected chi connectivity index (χ1v) is 10.4. The van der Waals surface area contributed by atoms with Crippen molar-refractivity contribution in [1.82, 2.24) is 24.3 Å². The number of hydrogen-bond acceptors (Lipinski definition) is 7. The number of nitrogens with one attached hydrogen (secondary N) is 1. The summed E-state index contributed by atoms with van der Waals surface area (Å²) in [6, 6.07) is 1.54. The van der Waals surface area contributed by atoms with E-state index in [1.165, 1.54) is 11.9 Å². The second kappa shape index (κ2) is 7.80. The predicted octanol–water partition coefficient (Wildman–Crippen LogP) is 1.74. The Morgan fingerprint density at radius 3 is 2.73 bits per heavy atom. The molecule has 1 saturated carbocycles. The SMILES string of the molecule is CN1C(=O)CN(c2cc(C3CC3)cn3cc(CN(C)c4nc(NC=O)ncc4F)nc23)C1=O. The summed E-state index contributed by atoms with van der Waals surface area (Å²) < 4.78 is 16.2. The zero-order chi connectivity index (χ0) is 23.3. The Morgan fingerprint density at radius 2 is 2.06 bits per heavy atom. The minimum Gasteiger partial charge on any atom is -0.351 e. The summed E-state index contributed by atoms with van der Waals surface area (Å²) in [7, 11) is 3.11. The van der Waals surface area contributed by atoms with Crippen LogP contribution in [0.5, 0.6) is 0 Å². The van der Waals surface area contributed by atoms with Crippen LogP contribution in [0.25, 0.3) is 5.65 Å². The molecule has 170 valence electrons. The van der Waals surface area contributed by atoms with Crippen LogP contribution >= 0.6 is 0 Å². The first-order chi connectivity index (χ1) is 15.9. The summed E-state index contributed by atoms with van der Waals surface area (Å²) in [5, 5.41) is 2.30. The molecule has 3 aromatic rings. The number of rotatable bonds is 7. The van der Waals surface area contributed by atoms with Gasteiger partial charge in [0, 0.05) is 26.5 Å². The molecule has 3 aromatic heterocycles. The quantitative estimate of drug-likeness (QED) is 0.429. The van der Waals surface area contributed by atoms with Crippen molar-refractivity contribution in [2.75, 3.05) is 35.8 Å². The number of amides is 4. The fourth-order valence-electron chi connectivity index (χ4n) is 3.92. The average molecular weight is 452 g/mol. The third kappa shape index (κ3) is 3.73. The number of likely N-dealkylation sites (N-methyl/N-ethyl adjacent to an activating group) is 1. The van der Waals surface area contributed by atoms with E-state index in [9.17, 15) is 18.8 Å². The van der Waals surface area contributed by atoms with E-state index in [0.717, 1.165) is 29.5 Å². The lowest BCUT2D eigenvalue weighted by Gasteiger charge is -2.17. The highest BCUT2D eigenvalue weighted by molar-refractivity contribution is 6.13. The van der Waals surface area contributed by atoms with Crippen molar-refractivity contribution in [3.05, 3.63) is 41.7 Å². The standard InChI is InChI=1S/C21H21FN8O3/c1-27(18-15(22)6-23-20(26-18)24-11-31)8-14-9-29-7-13(12-3-4-12)5-16(19(29)25-14)30-10-17(32)28(2)21(30)33/h5-7,9,11-12H,3-4,8,10H2,1-2H3,(H,23,24,26,31). The summed E-state index contributed by atoms with van der Waals surface area (Å²) >= 11 is 0. The van der Waals surface area contributed by atoms with Gasteiger partial charge < -0.3 is 9.30 Å². The molecule has 0 spiro atoms. The summed E-state index contributed by atoms with van der Waals surface area (Å²) in [4.78, 5) is 51.9. The number of carbonyl (C=O) groups excluding carboxylic acids is 3. The molecule has 0 aromatic carbocycles. The van der Waals surface area contributed by atoms with E-state index in [2.05, 4.69) is 20.3 Å². The Hall–Kier alpha value is -4.09. The number of hydrogen-bond donors (Lipinski definition) is 1. The van der Waals surface area contributed by atoms with Gasteiger partial charge in [0.25, 0.3) is 0 Å². The predicted molar refractivity (Wildman–Crippen MR) is 116 cm³/mol. The van der Waals surface area contributed by atoms with Gasteiger partial charge in [-0.25, -0.2) is 19.2 Å². The zero-order valence-electron chi connectivity index (χ0n) is 18.0. The molecule has 33 heavy (non-hydrogen) atoms. The Labute approximate surface area is 187 Å². The van der Waals surface area contributed by atoms with Crippen LogP contribution in [0.4, 0.5) is 26.6 Å². The van der Waals surface area contributed by atoms with E-state index in [-0.39, 0.29) is 30.8 Å². The van der Waals surface area contributed by atoms with Crippen LogP contribution in [0.1, 0.15) is 30.0 Å². The number of urea groups is 1. The maximum Gasteiger partial charge on any atom is 0.331 e. The molecule has 0 bridgehead atoms. The summed E-state index contributed by atoms with van der Waals surface area (Å²) in [5.41, 5.74) is 2.80. The maximum absolute atomic E-state index is 14.3. The van der Waals surface area contributed by atoms with E-state index in [1.807, 2.05) is 22.9 Å². The lowest BCUT2D eigenvalue weighted by Crippen LogP contribution is -2.30. The molecule has 5 rings (SSSR count). The number of aromatic nitrogens is 4. The molecule has 0 atom stereocenters. The molecule has 4 heterocycles. The largest absolute Gasteiger partial charge is 0.351 e. The molecule has 12 heteroatoms. The van der Waals surface area contributed by atoms with Crippen LogP contribution in [0.15, 0.2) is 24.7 Å². The molecule has 2 aliphatic rings. The number of imidazole rings is 1. The Bertz CT molecular complexity index is 1290. The van der Waals surface area contributed by atoms with E-state index >= 15 is 0 Å². The average Bonchev–Trinajstić information content (AvgIpc) is 3.52. The highest BCUT2D eigenvalue weighted by atomic mass is 19.1. The molecule has 1 aliphatic heterocycles. The van der Waals surface area contributed by atoms with Crippen molar-refractivity contribution in [3.63, 3.8) is 0 Å². The highest BCUT2D eigenvalue weighted by Crippen LogP contribution is 2.42. The van der Waals surface area contributed by atoms with Gasteiger partial charge in [0.15, 0.2) is 17.3 Å². The number of nitrogens with zero attached hydrogens (tertiary/aromatic N) is 7. The molecule has 1 N–H and O–H groups in total. The van der Waals surface area contributed by atoms with E-state index < -0.39 is 11.8 Å². The van der Waals surface area contributed by atoms with Gasteiger partial charge in [-0.1, -0.05) is 0 Å². The zero-order valence-corrected chi connectivity index (χ0v) is 18.0. The lowest BCUT2D eigenvalue weighted by atomic mass is 10.1. The van der Waals surface area contributed by atoms with Crippen molar-refractivity contribution in [1.29, 1.82) is 0 Å². The number of pyridine rings is 1. The molecular weight excluding hydrogens is 431 g/mol. The Kier molecular flexibility index (Phi) is 4.91. The molecule has 0 radical (unpaired) electrons. The smallest absolute Gasteiger partial charge is 0.331 e. The molecule has 1 saturated heterocycles. The number of imide groups is 1. The van der Waals surface area contributed by atoms with Crippen molar-refractivity contribution in [2.24, 2.45) is 0 Å². The Morgan fingerprint density at radius 1 is 1.27 bits per heavy atom. The van der Waals surface area contributed by atoms with Crippen LogP contribution < -0.4 is 15.1 Å². The first kappa shape index (κ1) is 20.8. The Balaban J connectivity index is 1.51. The molecule has 11 nitrogen and oxygen atoms in total. The summed E-state index contributed by atoms with van der Waals surface area (Å²) in [5.74, 6) is -0.501. The molecule has 4 amide bonds. The van der Waals surface area contributed by atoms with Gasteiger partial charge in [-0.15, -0.1) is 0 Å². The topological polar surface area (TPSA) is 116 Å². The van der Waals surface area contributed by atoms with Crippen LogP contribution in [0.3, 0.4) is 0 Å². The molecule has 2 fully saturated rings. The molecular formula is C21H21FN8O3. The van der Waals surface area contributed by atoms with Crippen molar-refractivity contribution in [3.8, 4) is 0 Å². The second-order valence-electron chi connectivity index (χ2n) is 8.20. The third-order valence-corrected chi connectivity index (χ3v) is 5.80. The van der Waals surface area contributed by atoms with E-state index in [4.69, 9.17) is 0 Å². The summed E-state index contributed by atoms with van der Waals surface area (Å²) in [6.45, 7) is 0.168. The monoisotopic (exact) mass is 452 g/mol. The third-order valence-electron chi connectivity index (χ3n) is 5.80. The summed E-state index contributed by atoms with van der Waals surface area (Å²) in [6.07, 6.45) is 7.35. The normalized spacial score (nSPS) is 16.1. The van der Waals surface area contributed by atoms with E-state index in [0.29, 0.717) is 29.4 Å². The maximum atomic E-state index is 14.3. The lowest BCUT2D eigenvalue weighted by molar-refractivity contribution is -0.123. The molecule has 1 aliphatic carbocycles. The highest BCUT2D eigenvalue weighted by Gasteiger charge is 2.36. The van der Waals surface area contributed by atoms with Gasteiger partial charge in [0.1, 0.15) is 6.54 Å². The van der Waals surface area contributed by atoms with Crippen molar-refractivity contribution >= 4 is 41.4 Å². The number of carbonyl (C=O) groups is 3. The van der Waals surface area contributed by atoms with Gasteiger partial charge >= 0.3 is 6.03 Å². The fourth-order valence-corrected chi connectivity index (χ4v) is 3.92. The van der Waals surface area contributed by atoms with E-state index in [1.54, 1.807) is 11.9 Å².